The molecule has 0 fully saturated rings. The van der Waals surface area contributed by atoms with Gasteiger partial charge < -0.3 is 10.1 Å². The second kappa shape index (κ2) is 7.31. The lowest BCUT2D eigenvalue weighted by molar-refractivity contribution is 0.0684. The van der Waals surface area contributed by atoms with Crippen LogP contribution in [0.5, 0.6) is 0 Å². The van der Waals surface area contributed by atoms with Gasteiger partial charge in [-0.15, -0.1) is 0 Å². The fourth-order valence-corrected chi connectivity index (χ4v) is 4.59. The van der Waals surface area contributed by atoms with Gasteiger partial charge in [0.2, 0.25) is 0 Å². The third kappa shape index (κ3) is 3.14. The average molecular weight is 412 g/mol. The summed E-state index contributed by atoms with van der Waals surface area (Å²) in [5.74, 6) is -0.174. The summed E-state index contributed by atoms with van der Waals surface area (Å²) in [4.78, 5) is 12.9. The molecule has 0 radical (unpaired) electrons. The van der Waals surface area contributed by atoms with E-state index in [-0.39, 0.29) is 11.9 Å². The first-order valence-electron chi connectivity index (χ1n) is 9.90. The SMILES string of the molecule is Cc1cccc(Cl)c1-n1ncc2c1COC[C@H]2NC(=O)c1n[nH]c2c1CCCC2. The van der Waals surface area contributed by atoms with Gasteiger partial charge in [-0.2, -0.15) is 10.2 Å². The number of hydrogen-bond donors (Lipinski definition) is 2. The third-order valence-electron chi connectivity index (χ3n) is 5.78. The number of carbonyl (C=O) groups is 1. The van der Waals surface area contributed by atoms with Gasteiger partial charge in [0.25, 0.3) is 5.91 Å². The topological polar surface area (TPSA) is 84.8 Å². The van der Waals surface area contributed by atoms with Crippen LogP contribution in [0.2, 0.25) is 5.02 Å². The van der Waals surface area contributed by atoms with E-state index in [0.717, 1.165) is 59.4 Å². The van der Waals surface area contributed by atoms with E-state index in [0.29, 0.717) is 23.9 Å². The number of aromatic amines is 1. The normalized spacial score (nSPS) is 18.2. The smallest absolute Gasteiger partial charge is 0.272 e. The van der Waals surface area contributed by atoms with E-state index in [1.807, 2.05) is 29.8 Å². The van der Waals surface area contributed by atoms with Gasteiger partial charge in [0, 0.05) is 16.8 Å². The molecule has 0 spiro atoms. The Kier molecular flexibility index (Phi) is 4.64. The molecule has 150 valence electrons. The van der Waals surface area contributed by atoms with Gasteiger partial charge in [0.05, 0.1) is 41.9 Å². The summed E-state index contributed by atoms with van der Waals surface area (Å²) in [5.41, 5.74) is 6.36. The number of para-hydroxylation sites is 1. The minimum atomic E-state index is -0.279. The van der Waals surface area contributed by atoms with Crippen LogP contribution in [0, 0.1) is 6.92 Å². The van der Waals surface area contributed by atoms with Crippen molar-refractivity contribution in [2.45, 2.75) is 45.3 Å². The largest absolute Gasteiger partial charge is 0.373 e. The van der Waals surface area contributed by atoms with Crippen LogP contribution in [0.15, 0.2) is 24.4 Å². The molecule has 1 aromatic carbocycles. The Labute approximate surface area is 173 Å². The molecule has 29 heavy (non-hydrogen) atoms. The number of ether oxygens (including phenoxy) is 1. The lowest BCUT2D eigenvalue weighted by Crippen LogP contribution is -2.35. The lowest BCUT2D eigenvalue weighted by atomic mass is 9.95. The number of amides is 1. The third-order valence-corrected chi connectivity index (χ3v) is 6.08. The fourth-order valence-electron chi connectivity index (χ4n) is 4.28. The van der Waals surface area contributed by atoms with Crippen LogP contribution in [0.25, 0.3) is 5.69 Å². The molecule has 3 aromatic rings. The molecule has 8 heteroatoms. The molecule has 1 amide bonds. The highest BCUT2D eigenvalue weighted by Gasteiger charge is 2.30. The van der Waals surface area contributed by atoms with E-state index in [4.69, 9.17) is 16.3 Å². The standard InChI is InChI=1S/C21H22ClN5O2/c1-12-5-4-7-15(22)20(12)27-18-11-29-10-17(14(18)9-23-27)24-21(28)19-13-6-2-3-8-16(13)25-26-19/h4-5,7,9,17H,2-3,6,8,10-11H2,1H3,(H,24,28)(H,25,26)/t17-/m1/s1. The van der Waals surface area contributed by atoms with Crippen molar-refractivity contribution >= 4 is 17.5 Å². The zero-order valence-corrected chi connectivity index (χ0v) is 16.9. The molecule has 0 bridgehead atoms. The Bertz CT molecular complexity index is 1070. The Hall–Kier alpha value is -2.64. The first-order chi connectivity index (χ1) is 14.1. The maximum atomic E-state index is 12.9. The van der Waals surface area contributed by atoms with E-state index in [2.05, 4.69) is 20.6 Å². The molecule has 1 aliphatic heterocycles. The van der Waals surface area contributed by atoms with Crippen molar-refractivity contribution in [1.29, 1.82) is 0 Å². The number of fused-ring (bicyclic) bond motifs is 2. The van der Waals surface area contributed by atoms with E-state index in [1.165, 1.54) is 0 Å². The van der Waals surface area contributed by atoms with E-state index < -0.39 is 0 Å². The molecule has 2 aromatic heterocycles. The average Bonchev–Trinajstić information content (AvgIpc) is 3.33. The number of rotatable bonds is 3. The number of benzene rings is 1. The molecule has 0 saturated heterocycles. The zero-order valence-electron chi connectivity index (χ0n) is 16.2. The summed E-state index contributed by atoms with van der Waals surface area (Å²) in [7, 11) is 0. The second-order valence-corrected chi connectivity index (χ2v) is 8.05. The number of nitrogens with one attached hydrogen (secondary N) is 2. The van der Waals surface area contributed by atoms with Gasteiger partial charge in [-0.3, -0.25) is 9.89 Å². The van der Waals surface area contributed by atoms with Crippen molar-refractivity contribution in [1.82, 2.24) is 25.3 Å². The van der Waals surface area contributed by atoms with Crippen molar-refractivity contribution in [3.8, 4) is 5.69 Å². The highest BCUT2D eigenvalue weighted by Crippen LogP contribution is 2.31. The van der Waals surface area contributed by atoms with Crippen LogP contribution in [-0.4, -0.2) is 32.5 Å². The molecule has 7 nitrogen and oxygen atoms in total. The quantitative estimate of drug-likeness (QED) is 0.691. The summed E-state index contributed by atoms with van der Waals surface area (Å²) in [6.07, 6.45) is 5.87. The predicted octanol–water partition coefficient (Wildman–Crippen LogP) is 3.44. The second-order valence-electron chi connectivity index (χ2n) is 7.64. The number of carbonyl (C=O) groups excluding carboxylic acids is 1. The van der Waals surface area contributed by atoms with Crippen molar-refractivity contribution < 1.29 is 9.53 Å². The van der Waals surface area contributed by atoms with E-state index in [1.54, 1.807) is 6.20 Å². The molecule has 2 N–H and O–H groups in total. The summed E-state index contributed by atoms with van der Waals surface area (Å²) < 4.78 is 7.61. The first kappa shape index (κ1) is 18.4. The van der Waals surface area contributed by atoms with Gasteiger partial charge in [-0.25, -0.2) is 4.68 Å². The highest BCUT2D eigenvalue weighted by atomic mass is 35.5. The maximum absolute atomic E-state index is 12.9. The van der Waals surface area contributed by atoms with E-state index >= 15 is 0 Å². The molecule has 1 aliphatic carbocycles. The van der Waals surface area contributed by atoms with Gasteiger partial charge in [0.1, 0.15) is 0 Å². The van der Waals surface area contributed by atoms with Gasteiger partial charge in [0.15, 0.2) is 5.69 Å². The van der Waals surface area contributed by atoms with Crippen LogP contribution in [0.4, 0.5) is 0 Å². The Morgan fingerprint density at radius 2 is 2.21 bits per heavy atom. The van der Waals surface area contributed by atoms with Crippen molar-refractivity contribution in [2.75, 3.05) is 6.61 Å². The molecule has 0 saturated carbocycles. The zero-order chi connectivity index (χ0) is 20.0. The number of H-pyrrole nitrogens is 1. The Morgan fingerprint density at radius 1 is 1.34 bits per heavy atom. The van der Waals surface area contributed by atoms with Crippen molar-refractivity contribution in [3.63, 3.8) is 0 Å². The number of halogens is 1. The molecule has 0 unspecified atom stereocenters. The number of aryl methyl sites for hydroxylation is 2. The van der Waals surface area contributed by atoms with Crippen molar-refractivity contribution in [2.24, 2.45) is 0 Å². The Balaban J connectivity index is 1.44. The maximum Gasteiger partial charge on any atom is 0.272 e. The summed E-state index contributed by atoms with van der Waals surface area (Å²) in [5, 5.41) is 15.6. The van der Waals surface area contributed by atoms with Gasteiger partial charge >= 0.3 is 0 Å². The van der Waals surface area contributed by atoms with Crippen LogP contribution in [0.1, 0.15) is 57.5 Å². The minimum absolute atomic E-state index is 0.174. The fraction of sp³-hybridized carbons (Fsp3) is 0.381. The predicted molar refractivity (Wildman–Crippen MR) is 108 cm³/mol. The minimum Gasteiger partial charge on any atom is -0.373 e. The summed E-state index contributed by atoms with van der Waals surface area (Å²) >= 11 is 6.44. The van der Waals surface area contributed by atoms with E-state index in [9.17, 15) is 4.79 Å². The summed E-state index contributed by atoms with van der Waals surface area (Å²) in [6, 6.07) is 5.49. The first-order valence-corrected chi connectivity index (χ1v) is 10.3. The number of aromatic nitrogens is 4. The number of hydrogen-bond acceptors (Lipinski definition) is 4. The molecule has 5 rings (SSSR count). The van der Waals surface area contributed by atoms with Crippen molar-refractivity contribution in [3.05, 3.63) is 63.2 Å². The molecule has 3 heterocycles. The lowest BCUT2D eigenvalue weighted by Gasteiger charge is -2.25. The Morgan fingerprint density at radius 3 is 3.07 bits per heavy atom. The van der Waals surface area contributed by atoms with Crippen LogP contribution < -0.4 is 5.32 Å². The monoisotopic (exact) mass is 411 g/mol. The molecular weight excluding hydrogens is 390 g/mol. The summed E-state index contributed by atoms with van der Waals surface area (Å²) in [6.45, 7) is 2.82. The number of nitrogens with zero attached hydrogens (tertiary/aromatic N) is 3. The molecule has 2 aliphatic rings. The van der Waals surface area contributed by atoms with Crippen LogP contribution >= 0.6 is 11.6 Å². The van der Waals surface area contributed by atoms with Crippen LogP contribution in [-0.2, 0) is 24.2 Å². The highest BCUT2D eigenvalue weighted by molar-refractivity contribution is 6.32. The molecule has 1 atom stereocenters. The van der Waals surface area contributed by atoms with Crippen LogP contribution in [0.3, 0.4) is 0 Å². The van der Waals surface area contributed by atoms with Gasteiger partial charge in [-0.1, -0.05) is 23.7 Å². The molecular formula is C21H22ClN5O2. The van der Waals surface area contributed by atoms with Gasteiger partial charge in [-0.05, 0) is 44.2 Å².